The Bertz CT molecular complexity index is 324. The molecule has 0 saturated carbocycles. The first-order valence-electron chi connectivity index (χ1n) is 4.66. The molecule has 1 aliphatic rings. The molecule has 1 aromatic rings. The van der Waals surface area contributed by atoms with Crippen LogP contribution in [0.25, 0.3) is 0 Å². The fourth-order valence-electron chi connectivity index (χ4n) is 1.65. The van der Waals surface area contributed by atoms with Crippen molar-refractivity contribution < 1.29 is 4.39 Å². The van der Waals surface area contributed by atoms with Crippen LogP contribution in [0.2, 0.25) is 0 Å². The highest BCUT2D eigenvalue weighted by Crippen LogP contribution is 2.22. The standard InChI is InChI=1S/C10H12BrFN2/c11-7-1-2-9(12)8(5-7)10-6-13-3-4-14-10/h1-2,5,10,13-14H,3-4,6H2/t10-/m1/s1. The van der Waals surface area contributed by atoms with Gasteiger partial charge >= 0.3 is 0 Å². The van der Waals surface area contributed by atoms with E-state index in [4.69, 9.17) is 0 Å². The van der Waals surface area contributed by atoms with Crippen LogP contribution in [-0.2, 0) is 0 Å². The van der Waals surface area contributed by atoms with Gasteiger partial charge in [0.2, 0.25) is 0 Å². The summed E-state index contributed by atoms with van der Waals surface area (Å²) in [6.45, 7) is 2.62. The maximum Gasteiger partial charge on any atom is 0.128 e. The molecular weight excluding hydrogens is 247 g/mol. The minimum absolute atomic E-state index is 0.0845. The molecule has 0 unspecified atom stereocenters. The van der Waals surface area contributed by atoms with Crippen molar-refractivity contribution in [3.05, 3.63) is 34.1 Å². The Labute approximate surface area is 91.0 Å². The van der Waals surface area contributed by atoms with Crippen molar-refractivity contribution in [1.82, 2.24) is 10.6 Å². The van der Waals surface area contributed by atoms with Gasteiger partial charge in [-0.05, 0) is 18.2 Å². The first kappa shape index (κ1) is 10.1. The Morgan fingerprint density at radius 2 is 2.21 bits per heavy atom. The summed E-state index contributed by atoms with van der Waals surface area (Å²) in [4.78, 5) is 0. The first-order chi connectivity index (χ1) is 6.77. The number of nitrogens with one attached hydrogen (secondary N) is 2. The summed E-state index contributed by atoms with van der Waals surface area (Å²) >= 11 is 3.35. The largest absolute Gasteiger partial charge is 0.314 e. The van der Waals surface area contributed by atoms with Gasteiger partial charge in [0, 0.05) is 35.7 Å². The van der Waals surface area contributed by atoms with Crippen molar-refractivity contribution in [1.29, 1.82) is 0 Å². The number of hydrogen-bond acceptors (Lipinski definition) is 2. The number of halogens is 2. The predicted octanol–water partition coefficient (Wildman–Crippen LogP) is 1.82. The van der Waals surface area contributed by atoms with Crippen LogP contribution in [0.3, 0.4) is 0 Å². The van der Waals surface area contributed by atoms with E-state index in [0.717, 1.165) is 29.7 Å². The van der Waals surface area contributed by atoms with Crippen molar-refractivity contribution in [2.24, 2.45) is 0 Å². The molecule has 1 aliphatic heterocycles. The Morgan fingerprint density at radius 1 is 1.36 bits per heavy atom. The smallest absolute Gasteiger partial charge is 0.128 e. The lowest BCUT2D eigenvalue weighted by molar-refractivity contribution is 0.416. The third-order valence-corrected chi connectivity index (χ3v) is 2.87. The summed E-state index contributed by atoms with van der Waals surface area (Å²) in [7, 11) is 0. The van der Waals surface area contributed by atoms with Crippen LogP contribution in [0.4, 0.5) is 4.39 Å². The quantitative estimate of drug-likeness (QED) is 0.803. The van der Waals surface area contributed by atoms with E-state index in [1.807, 2.05) is 6.07 Å². The predicted molar refractivity (Wildman–Crippen MR) is 57.7 cm³/mol. The van der Waals surface area contributed by atoms with Gasteiger partial charge < -0.3 is 10.6 Å². The maximum atomic E-state index is 13.5. The van der Waals surface area contributed by atoms with E-state index in [1.165, 1.54) is 6.07 Å². The highest BCUT2D eigenvalue weighted by Gasteiger charge is 2.17. The van der Waals surface area contributed by atoms with Gasteiger partial charge in [-0.1, -0.05) is 15.9 Å². The van der Waals surface area contributed by atoms with Crippen LogP contribution in [0.5, 0.6) is 0 Å². The second kappa shape index (κ2) is 4.38. The zero-order valence-electron chi connectivity index (χ0n) is 7.69. The molecule has 1 aromatic carbocycles. The van der Waals surface area contributed by atoms with Crippen LogP contribution in [0.1, 0.15) is 11.6 Å². The fraction of sp³-hybridized carbons (Fsp3) is 0.400. The molecule has 0 aliphatic carbocycles. The summed E-state index contributed by atoms with van der Waals surface area (Å²) in [5, 5.41) is 6.52. The summed E-state index contributed by atoms with van der Waals surface area (Å²) in [6.07, 6.45) is 0. The molecule has 1 fully saturated rings. The molecule has 0 radical (unpaired) electrons. The molecule has 0 aromatic heterocycles. The molecule has 76 valence electrons. The fourth-order valence-corrected chi connectivity index (χ4v) is 2.03. The van der Waals surface area contributed by atoms with E-state index in [-0.39, 0.29) is 11.9 Å². The van der Waals surface area contributed by atoms with Gasteiger partial charge in [0.15, 0.2) is 0 Å². The molecule has 1 atom stereocenters. The Kier molecular flexibility index (Phi) is 3.15. The highest BCUT2D eigenvalue weighted by atomic mass is 79.9. The van der Waals surface area contributed by atoms with Crippen molar-refractivity contribution >= 4 is 15.9 Å². The topological polar surface area (TPSA) is 24.1 Å². The van der Waals surface area contributed by atoms with Crippen LogP contribution in [-0.4, -0.2) is 19.6 Å². The Hall–Kier alpha value is -0.450. The summed E-state index contributed by atoms with van der Waals surface area (Å²) in [6, 6.07) is 5.13. The molecule has 0 amide bonds. The zero-order valence-corrected chi connectivity index (χ0v) is 9.27. The van der Waals surface area contributed by atoms with Gasteiger partial charge in [-0.15, -0.1) is 0 Å². The summed E-state index contributed by atoms with van der Waals surface area (Å²) in [5.74, 6) is -0.144. The second-order valence-electron chi connectivity index (χ2n) is 3.38. The van der Waals surface area contributed by atoms with Crippen molar-refractivity contribution in [3.63, 3.8) is 0 Å². The van der Waals surface area contributed by atoms with Gasteiger partial charge in [-0.2, -0.15) is 0 Å². The molecule has 4 heteroatoms. The normalized spacial score (nSPS) is 22.3. The van der Waals surface area contributed by atoms with Crippen LogP contribution in [0, 0.1) is 5.82 Å². The maximum absolute atomic E-state index is 13.5. The average Bonchev–Trinajstić information content (AvgIpc) is 2.23. The van der Waals surface area contributed by atoms with Gasteiger partial charge in [-0.3, -0.25) is 0 Å². The minimum atomic E-state index is -0.144. The number of rotatable bonds is 1. The Morgan fingerprint density at radius 3 is 2.93 bits per heavy atom. The molecule has 2 nitrogen and oxygen atoms in total. The lowest BCUT2D eigenvalue weighted by Gasteiger charge is -2.25. The third-order valence-electron chi connectivity index (χ3n) is 2.37. The van der Waals surface area contributed by atoms with E-state index < -0.39 is 0 Å². The lowest BCUT2D eigenvalue weighted by Crippen LogP contribution is -2.42. The van der Waals surface area contributed by atoms with Crippen molar-refractivity contribution in [3.8, 4) is 0 Å². The molecule has 2 rings (SSSR count). The molecule has 1 saturated heterocycles. The average molecular weight is 259 g/mol. The van der Waals surface area contributed by atoms with Gasteiger partial charge in [0.25, 0.3) is 0 Å². The second-order valence-corrected chi connectivity index (χ2v) is 4.29. The molecule has 1 heterocycles. The van der Waals surface area contributed by atoms with Crippen molar-refractivity contribution in [2.45, 2.75) is 6.04 Å². The SMILES string of the molecule is Fc1ccc(Br)cc1[C@H]1CNCCN1. The Balaban J connectivity index is 2.24. The zero-order chi connectivity index (χ0) is 9.97. The van der Waals surface area contributed by atoms with Crippen LogP contribution >= 0.6 is 15.9 Å². The number of hydrogen-bond donors (Lipinski definition) is 2. The van der Waals surface area contributed by atoms with E-state index in [0.29, 0.717) is 0 Å². The lowest BCUT2D eigenvalue weighted by atomic mass is 10.1. The molecule has 0 bridgehead atoms. The van der Waals surface area contributed by atoms with Gasteiger partial charge in [0.05, 0.1) is 0 Å². The molecule has 0 spiro atoms. The molecular formula is C10H12BrFN2. The third kappa shape index (κ3) is 2.13. The summed E-state index contributed by atoms with van der Waals surface area (Å²) < 4.78 is 14.4. The van der Waals surface area contributed by atoms with E-state index in [9.17, 15) is 4.39 Å². The van der Waals surface area contributed by atoms with Crippen LogP contribution < -0.4 is 10.6 Å². The monoisotopic (exact) mass is 258 g/mol. The highest BCUT2D eigenvalue weighted by molar-refractivity contribution is 9.10. The number of benzene rings is 1. The molecule has 14 heavy (non-hydrogen) atoms. The molecule has 2 N–H and O–H groups in total. The van der Waals surface area contributed by atoms with E-state index in [2.05, 4.69) is 26.6 Å². The minimum Gasteiger partial charge on any atom is -0.314 e. The summed E-state index contributed by atoms with van der Waals surface area (Å²) in [5.41, 5.74) is 0.728. The van der Waals surface area contributed by atoms with Gasteiger partial charge in [-0.25, -0.2) is 4.39 Å². The van der Waals surface area contributed by atoms with E-state index >= 15 is 0 Å². The van der Waals surface area contributed by atoms with Crippen LogP contribution in [0.15, 0.2) is 22.7 Å². The van der Waals surface area contributed by atoms with Crippen molar-refractivity contribution in [2.75, 3.05) is 19.6 Å². The first-order valence-corrected chi connectivity index (χ1v) is 5.46. The van der Waals surface area contributed by atoms with E-state index in [1.54, 1.807) is 6.07 Å². The van der Waals surface area contributed by atoms with Gasteiger partial charge in [0.1, 0.15) is 5.82 Å². The number of piperazine rings is 1.